The van der Waals surface area contributed by atoms with Crippen molar-refractivity contribution >= 4 is 34.5 Å². The van der Waals surface area contributed by atoms with Gasteiger partial charge in [0.05, 0.1) is 0 Å². The lowest BCUT2D eigenvalue weighted by Gasteiger charge is -2.24. The van der Waals surface area contributed by atoms with Gasteiger partial charge in [0.25, 0.3) is 5.91 Å². The summed E-state index contributed by atoms with van der Waals surface area (Å²) in [6, 6.07) is 20.4. The Labute approximate surface area is 210 Å². The van der Waals surface area contributed by atoms with Crippen molar-refractivity contribution in [2.24, 2.45) is 5.73 Å². The molecule has 0 aliphatic carbocycles. The Morgan fingerprint density at radius 3 is 2.33 bits per heavy atom. The van der Waals surface area contributed by atoms with Gasteiger partial charge in [0.2, 0.25) is 11.8 Å². The van der Waals surface area contributed by atoms with Crippen LogP contribution in [0.25, 0.3) is 10.8 Å². The number of primary amides is 1. The Hall–Kier alpha value is -4.20. The third-order valence-corrected chi connectivity index (χ3v) is 5.97. The van der Waals surface area contributed by atoms with Crippen LogP contribution in [0, 0.1) is 0 Å². The van der Waals surface area contributed by atoms with E-state index in [-0.39, 0.29) is 32.2 Å². The first-order valence-corrected chi connectivity index (χ1v) is 11.9. The predicted molar refractivity (Wildman–Crippen MR) is 137 cm³/mol. The maximum absolute atomic E-state index is 13.5. The van der Waals surface area contributed by atoms with Crippen LogP contribution in [-0.2, 0) is 20.8 Å². The van der Waals surface area contributed by atoms with Gasteiger partial charge in [-0.2, -0.15) is 0 Å². The Bertz CT molecular complexity index is 1240. The first-order valence-electron chi connectivity index (χ1n) is 11.9. The number of aliphatic carboxylic acids is 1. The van der Waals surface area contributed by atoms with E-state index in [9.17, 15) is 19.2 Å². The normalized spacial score (nSPS) is 11.6. The van der Waals surface area contributed by atoms with Crippen LogP contribution in [0.5, 0.6) is 0 Å². The summed E-state index contributed by atoms with van der Waals surface area (Å²) in [7, 11) is 1.53. The molecule has 0 saturated carbocycles. The molecule has 36 heavy (non-hydrogen) atoms. The molecule has 0 spiro atoms. The summed E-state index contributed by atoms with van der Waals surface area (Å²) in [6.07, 6.45) is 0.872. The van der Waals surface area contributed by atoms with Crippen LogP contribution in [0.15, 0.2) is 66.7 Å². The second-order valence-corrected chi connectivity index (χ2v) is 8.82. The van der Waals surface area contributed by atoms with Gasteiger partial charge >= 0.3 is 5.97 Å². The summed E-state index contributed by atoms with van der Waals surface area (Å²) >= 11 is 0. The van der Waals surface area contributed by atoms with E-state index in [1.807, 2.05) is 66.7 Å². The zero-order chi connectivity index (χ0) is 26.1. The molecule has 3 aromatic carbocycles. The third kappa shape index (κ3) is 7.40. The molecule has 0 radical (unpaired) electrons. The molecule has 3 aromatic rings. The molecule has 8 nitrogen and oxygen atoms in total. The molecule has 8 heteroatoms. The van der Waals surface area contributed by atoms with Gasteiger partial charge in [0, 0.05) is 32.0 Å². The van der Waals surface area contributed by atoms with Gasteiger partial charge in [-0.05, 0) is 47.2 Å². The average molecular weight is 490 g/mol. The van der Waals surface area contributed by atoms with E-state index >= 15 is 0 Å². The van der Waals surface area contributed by atoms with Crippen LogP contribution < -0.4 is 11.1 Å². The number of carboxylic acids is 1. The molecule has 4 N–H and O–H groups in total. The first kappa shape index (κ1) is 26.4. The van der Waals surface area contributed by atoms with Crippen LogP contribution in [0.2, 0.25) is 0 Å². The summed E-state index contributed by atoms with van der Waals surface area (Å²) in [6.45, 7) is 0.106. The molecule has 3 amide bonds. The van der Waals surface area contributed by atoms with Crippen LogP contribution in [0.3, 0.4) is 0 Å². The smallest absolute Gasteiger partial charge is 0.303 e. The van der Waals surface area contributed by atoms with Crippen molar-refractivity contribution in [3.8, 4) is 0 Å². The lowest BCUT2D eigenvalue weighted by Crippen LogP contribution is -2.48. The minimum absolute atomic E-state index is 0.00972. The van der Waals surface area contributed by atoms with Gasteiger partial charge in [-0.1, -0.05) is 60.7 Å². The van der Waals surface area contributed by atoms with Gasteiger partial charge in [-0.15, -0.1) is 0 Å². The average Bonchev–Trinajstić information content (AvgIpc) is 2.86. The van der Waals surface area contributed by atoms with Gasteiger partial charge in [0.1, 0.15) is 6.04 Å². The van der Waals surface area contributed by atoms with Crippen molar-refractivity contribution in [2.45, 2.75) is 38.1 Å². The molecule has 3 rings (SSSR count). The number of nitrogens with one attached hydrogen (secondary N) is 1. The van der Waals surface area contributed by atoms with Crippen molar-refractivity contribution in [3.05, 3.63) is 83.4 Å². The lowest BCUT2D eigenvalue weighted by atomic mass is 9.96. The molecular weight excluding hydrogens is 458 g/mol. The van der Waals surface area contributed by atoms with E-state index in [1.54, 1.807) is 0 Å². The van der Waals surface area contributed by atoms with Crippen molar-refractivity contribution in [3.63, 3.8) is 0 Å². The van der Waals surface area contributed by atoms with Gasteiger partial charge in [-0.25, -0.2) is 0 Å². The Kier molecular flexibility index (Phi) is 9.16. The monoisotopic (exact) mass is 489 g/mol. The summed E-state index contributed by atoms with van der Waals surface area (Å²) in [5.41, 5.74) is 7.70. The minimum Gasteiger partial charge on any atom is -0.481 e. The second kappa shape index (κ2) is 12.5. The summed E-state index contributed by atoms with van der Waals surface area (Å²) in [5, 5.41) is 13.5. The first-order chi connectivity index (χ1) is 17.2. The number of likely N-dealkylation sites (N-methyl/N-ethyl adjacent to an activating group) is 1. The van der Waals surface area contributed by atoms with Crippen LogP contribution in [0.4, 0.5) is 0 Å². The standard InChI is InChI=1S/C28H31N3O5/c1-31(15-14-25(29)32)28(36)24(12-7-13-26(33)34)30-27(35)23-18-20(16-19-8-3-2-4-9-19)17-21-10-5-6-11-22(21)23/h2-6,8-11,17-18,24H,7,12-16H2,1H3,(H2,29,32)(H,30,35)(H,33,34)/t24-/m0/s1. The summed E-state index contributed by atoms with van der Waals surface area (Å²) in [5.74, 6) is -2.34. The fourth-order valence-electron chi connectivity index (χ4n) is 4.10. The topological polar surface area (TPSA) is 130 Å². The van der Waals surface area contributed by atoms with Crippen LogP contribution in [0.1, 0.15) is 47.2 Å². The fraction of sp³-hybridized carbons (Fsp3) is 0.286. The molecular formula is C28H31N3O5. The number of carbonyl (C=O) groups is 4. The highest BCUT2D eigenvalue weighted by molar-refractivity contribution is 6.08. The molecule has 0 bridgehead atoms. The predicted octanol–water partition coefficient (Wildman–Crippen LogP) is 3.12. The number of amides is 3. The Morgan fingerprint density at radius 1 is 0.944 bits per heavy atom. The van der Waals surface area contributed by atoms with E-state index in [0.717, 1.165) is 21.9 Å². The van der Waals surface area contributed by atoms with Gasteiger partial charge in [-0.3, -0.25) is 19.2 Å². The lowest BCUT2D eigenvalue weighted by molar-refractivity contribution is -0.138. The van der Waals surface area contributed by atoms with E-state index in [0.29, 0.717) is 12.0 Å². The zero-order valence-corrected chi connectivity index (χ0v) is 20.3. The van der Waals surface area contributed by atoms with Crippen molar-refractivity contribution in [1.29, 1.82) is 0 Å². The second-order valence-electron chi connectivity index (χ2n) is 8.82. The van der Waals surface area contributed by atoms with E-state index < -0.39 is 29.7 Å². The molecule has 0 aliphatic rings. The highest BCUT2D eigenvalue weighted by Crippen LogP contribution is 2.23. The third-order valence-electron chi connectivity index (χ3n) is 5.97. The Morgan fingerprint density at radius 2 is 1.64 bits per heavy atom. The molecule has 188 valence electrons. The summed E-state index contributed by atoms with van der Waals surface area (Å²) < 4.78 is 0. The van der Waals surface area contributed by atoms with Crippen LogP contribution >= 0.6 is 0 Å². The maximum atomic E-state index is 13.5. The summed E-state index contributed by atoms with van der Waals surface area (Å²) in [4.78, 5) is 50.1. The quantitative estimate of drug-likeness (QED) is 0.360. The van der Waals surface area contributed by atoms with E-state index in [4.69, 9.17) is 10.8 Å². The SMILES string of the molecule is CN(CCC(N)=O)C(=O)[C@H](CCCC(=O)O)NC(=O)c1cc(Cc2ccccc2)cc2ccccc12. The van der Waals surface area contributed by atoms with Crippen LogP contribution in [-0.4, -0.2) is 53.3 Å². The van der Waals surface area contributed by atoms with Crippen molar-refractivity contribution < 1.29 is 24.3 Å². The molecule has 0 heterocycles. The Balaban J connectivity index is 1.88. The number of carbonyl (C=O) groups excluding carboxylic acids is 3. The number of hydrogen-bond donors (Lipinski definition) is 3. The highest BCUT2D eigenvalue weighted by Gasteiger charge is 2.25. The number of rotatable bonds is 12. The number of benzene rings is 3. The molecule has 0 saturated heterocycles. The minimum atomic E-state index is -0.978. The largest absolute Gasteiger partial charge is 0.481 e. The number of nitrogens with zero attached hydrogens (tertiary/aromatic N) is 1. The number of carboxylic acid groups (broad SMARTS) is 1. The molecule has 0 aliphatic heterocycles. The highest BCUT2D eigenvalue weighted by atomic mass is 16.4. The maximum Gasteiger partial charge on any atom is 0.303 e. The number of nitrogens with two attached hydrogens (primary N) is 1. The molecule has 1 atom stereocenters. The van der Waals surface area contributed by atoms with E-state index in [1.165, 1.54) is 11.9 Å². The van der Waals surface area contributed by atoms with Gasteiger partial charge < -0.3 is 21.1 Å². The zero-order valence-electron chi connectivity index (χ0n) is 20.3. The number of hydrogen-bond acceptors (Lipinski definition) is 4. The molecule has 0 unspecified atom stereocenters. The fourth-order valence-corrected chi connectivity index (χ4v) is 4.10. The van der Waals surface area contributed by atoms with Gasteiger partial charge in [0.15, 0.2) is 0 Å². The van der Waals surface area contributed by atoms with Crippen molar-refractivity contribution in [1.82, 2.24) is 10.2 Å². The number of fused-ring (bicyclic) bond motifs is 1. The molecule has 0 aromatic heterocycles. The van der Waals surface area contributed by atoms with E-state index in [2.05, 4.69) is 5.32 Å². The molecule has 0 fully saturated rings. The van der Waals surface area contributed by atoms with Crippen molar-refractivity contribution in [2.75, 3.05) is 13.6 Å².